The van der Waals surface area contributed by atoms with Crippen LogP contribution in [0.15, 0.2) is 121 Å². The van der Waals surface area contributed by atoms with Crippen LogP contribution in [0.25, 0.3) is 21.5 Å². The Morgan fingerprint density at radius 2 is 1.26 bits per heavy atom. The van der Waals surface area contributed by atoms with Crippen LogP contribution in [0.5, 0.6) is 0 Å². The number of aliphatic hydroxyl groups excluding tert-OH is 1. The lowest BCUT2D eigenvalue weighted by Gasteiger charge is -2.28. The average molecular weight is 840 g/mol. The van der Waals surface area contributed by atoms with Gasteiger partial charge in [-0.1, -0.05) is 30.3 Å². The minimum Gasteiger partial charge on any atom is -0.389 e. The fraction of sp³-hybridized carbons (Fsp3) is 0.316. The Morgan fingerprint density at radius 3 is 1.82 bits per heavy atom. The summed E-state index contributed by atoms with van der Waals surface area (Å²) >= 11 is 0. The zero-order chi connectivity index (χ0) is 41.1. The highest BCUT2D eigenvalue weighted by Crippen LogP contribution is 2.36. The van der Waals surface area contributed by atoms with E-state index < -0.39 is 44.9 Å². The molecule has 5 aromatic rings. The van der Waals surface area contributed by atoms with E-state index in [1.54, 1.807) is 24.3 Å². The van der Waals surface area contributed by atoms with E-state index in [2.05, 4.69) is 25.8 Å². The van der Waals surface area contributed by atoms with Crippen molar-refractivity contribution in [3.63, 3.8) is 0 Å². The van der Waals surface area contributed by atoms with E-state index in [0.29, 0.717) is 62.0 Å². The third-order valence-electron chi connectivity index (χ3n) is 8.46. The van der Waals surface area contributed by atoms with Gasteiger partial charge in [0, 0.05) is 60.9 Å². The zero-order valence-electron chi connectivity index (χ0n) is 31.6. The first-order chi connectivity index (χ1) is 27.2. The van der Waals surface area contributed by atoms with Gasteiger partial charge in [-0.25, -0.2) is 0 Å². The molecule has 304 valence electrons. The molecule has 0 radical (unpaired) electrons. The highest BCUT2D eigenvalue weighted by molar-refractivity contribution is 7.86. The third kappa shape index (κ3) is 12.0. The van der Waals surface area contributed by atoms with Crippen LogP contribution in [0.1, 0.15) is 27.2 Å². The molecular formula is C38H45N5O11S2Si. The molecule has 0 fully saturated rings. The topological polar surface area (TPSA) is 227 Å². The maximum absolute atomic E-state index is 12.0. The van der Waals surface area contributed by atoms with Gasteiger partial charge in [0.15, 0.2) is 0 Å². The maximum atomic E-state index is 12.0. The standard InChI is InChI=1S/C38H45N5O11S2Si/c1-4-52-57(53-5-2,54-6-3)21-9-20-51-26-31(44)25-39-28-12-14-29(15-13-28)40-42-36-18-19-37(35-11-8-7-10-34(35)36)43-41-30-16-17-33-27(22-30)23-32(55(45,46)47)24-38(33)56(48,49)50/h7-8,10-19,22-24,31,39,44H,4-6,9,20-21,25-26H2,1-3H3,(H,45,46,47)(H,48,49,50). The summed E-state index contributed by atoms with van der Waals surface area (Å²) < 4.78 is 90.0. The maximum Gasteiger partial charge on any atom is 0.501 e. The monoisotopic (exact) mass is 839 g/mol. The number of azo groups is 2. The molecule has 16 nitrogen and oxygen atoms in total. The van der Waals surface area contributed by atoms with Crippen LogP contribution in [0, 0.1) is 0 Å². The SMILES string of the molecule is CCO[Si](CCCOCC(O)CNc1ccc(N=Nc2ccc(N=Nc3ccc4c(S(=O)(=O)O)cc(S(=O)(=O)O)cc4c3)c3ccccc23)cc1)(OCC)OCC. The first-order valence-corrected chi connectivity index (χ1v) is 23.0. The normalized spacial score (nSPS) is 13.3. The smallest absolute Gasteiger partial charge is 0.389 e. The summed E-state index contributed by atoms with van der Waals surface area (Å²) in [6.07, 6.45) is -0.0268. The van der Waals surface area contributed by atoms with E-state index >= 15 is 0 Å². The van der Waals surface area contributed by atoms with Crippen molar-refractivity contribution < 1.29 is 49.1 Å². The zero-order valence-corrected chi connectivity index (χ0v) is 34.2. The largest absolute Gasteiger partial charge is 0.501 e. The van der Waals surface area contributed by atoms with Crippen molar-refractivity contribution in [1.29, 1.82) is 0 Å². The van der Waals surface area contributed by atoms with E-state index in [-0.39, 0.29) is 29.6 Å². The van der Waals surface area contributed by atoms with Gasteiger partial charge in [-0.3, -0.25) is 9.11 Å². The summed E-state index contributed by atoms with van der Waals surface area (Å²) in [5.41, 5.74) is 2.72. The molecular weight excluding hydrogens is 795 g/mol. The Kier molecular flexibility index (Phi) is 15.1. The molecule has 1 unspecified atom stereocenters. The lowest BCUT2D eigenvalue weighted by Crippen LogP contribution is -2.46. The Hall–Kier alpha value is -4.54. The summed E-state index contributed by atoms with van der Waals surface area (Å²) in [5, 5.41) is 32.8. The van der Waals surface area contributed by atoms with Gasteiger partial charge in [0.2, 0.25) is 0 Å². The van der Waals surface area contributed by atoms with Gasteiger partial charge in [0.25, 0.3) is 20.2 Å². The molecule has 0 saturated carbocycles. The molecule has 0 aliphatic rings. The third-order valence-corrected chi connectivity index (χ3v) is 13.3. The molecule has 57 heavy (non-hydrogen) atoms. The van der Waals surface area contributed by atoms with Crippen LogP contribution in [-0.2, 0) is 38.3 Å². The molecule has 19 heteroatoms. The van der Waals surface area contributed by atoms with Crippen molar-refractivity contribution in [1.82, 2.24) is 0 Å². The van der Waals surface area contributed by atoms with Gasteiger partial charge in [0.05, 0.1) is 40.4 Å². The molecule has 4 N–H and O–H groups in total. The van der Waals surface area contributed by atoms with E-state index in [9.17, 15) is 31.0 Å². The number of benzene rings is 5. The van der Waals surface area contributed by atoms with Crippen molar-refractivity contribution >= 4 is 79.0 Å². The van der Waals surface area contributed by atoms with Crippen LogP contribution < -0.4 is 5.32 Å². The minimum absolute atomic E-state index is 0.0322. The molecule has 0 amide bonds. The highest BCUT2D eigenvalue weighted by Gasteiger charge is 2.39. The number of ether oxygens (including phenoxy) is 1. The second kappa shape index (κ2) is 19.7. The first-order valence-electron chi connectivity index (χ1n) is 18.1. The number of aliphatic hydroxyl groups is 1. The predicted octanol–water partition coefficient (Wildman–Crippen LogP) is 8.55. The number of fused-ring (bicyclic) bond motifs is 2. The van der Waals surface area contributed by atoms with Crippen molar-refractivity contribution in [3.05, 3.63) is 91.0 Å². The molecule has 5 aromatic carbocycles. The fourth-order valence-corrected chi connectivity index (χ4v) is 9.87. The van der Waals surface area contributed by atoms with Crippen molar-refractivity contribution in [2.45, 2.75) is 49.1 Å². The quantitative estimate of drug-likeness (QED) is 0.0236. The van der Waals surface area contributed by atoms with Gasteiger partial charge in [0.1, 0.15) is 4.90 Å². The van der Waals surface area contributed by atoms with Crippen LogP contribution in [0.4, 0.5) is 28.4 Å². The number of nitrogens with zero attached hydrogens (tertiary/aromatic N) is 4. The summed E-state index contributed by atoms with van der Waals surface area (Å²) in [6.45, 7) is 8.22. The molecule has 0 aliphatic heterocycles. The minimum atomic E-state index is -4.82. The first kappa shape index (κ1) is 43.6. The lowest BCUT2D eigenvalue weighted by atomic mass is 10.1. The van der Waals surface area contributed by atoms with E-state index in [4.69, 9.17) is 18.0 Å². The van der Waals surface area contributed by atoms with Crippen LogP contribution in [0.3, 0.4) is 0 Å². The second-order valence-electron chi connectivity index (χ2n) is 12.6. The molecule has 0 saturated heterocycles. The van der Waals surface area contributed by atoms with Crippen LogP contribution in [-0.4, -0.2) is 85.5 Å². The van der Waals surface area contributed by atoms with Gasteiger partial charge in [-0.05, 0) is 93.2 Å². The number of rotatable bonds is 21. The molecule has 1 atom stereocenters. The Bertz CT molecular complexity index is 2420. The van der Waals surface area contributed by atoms with Crippen molar-refractivity contribution in [2.75, 3.05) is 44.9 Å². The average Bonchev–Trinajstić information content (AvgIpc) is 3.18. The Balaban J connectivity index is 1.19. The summed E-state index contributed by atoms with van der Waals surface area (Å²) in [6, 6.07) is 24.7. The van der Waals surface area contributed by atoms with Crippen LogP contribution >= 0.6 is 0 Å². The van der Waals surface area contributed by atoms with Gasteiger partial charge < -0.3 is 28.4 Å². The summed E-state index contributed by atoms with van der Waals surface area (Å²) in [7, 11) is -12.3. The number of hydrogen-bond donors (Lipinski definition) is 4. The number of anilines is 1. The van der Waals surface area contributed by atoms with Crippen LogP contribution in [0.2, 0.25) is 6.04 Å². The Labute approximate surface area is 332 Å². The Morgan fingerprint density at radius 1 is 0.684 bits per heavy atom. The van der Waals surface area contributed by atoms with Gasteiger partial charge >= 0.3 is 8.80 Å². The summed E-state index contributed by atoms with van der Waals surface area (Å²) in [4.78, 5) is -1.38. The van der Waals surface area contributed by atoms with E-state index in [1.165, 1.54) is 18.2 Å². The van der Waals surface area contributed by atoms with E-state index in [1.807, 2.05) is 57.2 Å². The highest BCUT2D eigenvalue weighted by atomic mass is 32.2. The molecule has 0 spiro atoms. The molecule has 0 aromatic heterocycles. The second-order valence-corrected chi connectivity index (χ2v) is 18.1. The van der Waals surface area contributed by atoms with E-state index in [0.717, 1.165) is 22.5 Å². The lowest BCUT2D eigenvalue weighted by molar-refractivity contribution is 0.0379. The predicted molar refractivity (Wildman–Crippen MR) is 218 cm³/mol. The molecule has 5 rings (SSSR count). The van der Waals surface area contributed by atoms with Crippen molar-refractivity contribution in [3.8, 4) is 0 Å². The fourth-order valence-electron chi connectivity index (χ4n) is 5.94. The van der Waals surface area contributed by atoms with Gasteiger partial charge in [-0.2, -0.15) is 27.1 Å². The molecule has 0 aliphatic carbocycles. The number of hydrogen-bond acceptors (Lipinski definition) is 14. The molecule has 0 bridgehead atoms. The van der Waals surface area contributed by atoms with Gasteiger partial charge in [-0.15, -0.1) is 10.2 Å². The number of nitrogens with one attached hydrogen (secondary N) is 1. The molecule has 0 heterocycles. The van der Waals surface area contributed by atoms with Crippen molar-refractivity contribution in [2.24, 2.45) is 20.5 Å². The summed E-state index contributed by atoms with van der Waals surface area (Å²) in [5.74, 6) is 0.